The molecular formula is C20H22F3NO2. The molecule has 1 N–H and O–H groups in total. The van der Waals surface area contributed by atoms with Crippen molar-refractivity contribution < 1.29 is 22.4 Å². The van der Waals surface area contributed by atoms with Crippen molar-refractivity contribution in [1.29, 1.82) is 0 Å². The predicted octanol–water partition coefficient (Wildman–Crippen LogP) is 5.59. The summed E-state index contributed by atoms with van der Waals surface area (Å²) in [7, 11) is 0. The summed E-state index contributed by atoms with van der Waals surface area (Å²) >= 11 is 0. The van der Waals surface area contributed by atoms with Gasteiger partial charge in [-0.1, -0.05) is 38.3 Å². The summed E-state index contributed by atoms with van der Waals surface area (Å²) in [5.74, 6) is 0.112. The van der Waals surface area contributed by atoms with E-state index in [9.17, 15) is 18.0 Å². The van der Waals surface area contributed by atoms with Crippen LogP contribution in [0.1, 0.15) is 60.5 Å². The Balaban J connectivity index is 1.88. The molecule has 1 amide bonds. The summed E-state index contributed by atoms with van der Waals surface area (Å²) in [6.07, 6.45) is 3.04. The molecule has 26 heavy (non-hydrogen) atoms. The molecule has 0 unspecified atom stereocenters. The first-order valence-electron chi connectivity index (χ1n) is 8.99. The monoisotopic (exact) mass is 365 g/mol. The number of furan rings is 1. The van der Waals surface area contributed by atoms with Gasteiger partial charge in [-0.25, -0.2) is 0 Å². The summed E-state index contributed by atoms with van der Waals surface area (Å²) in [5, 5.41) is 3.06. The van der Waals surface area contributed by atoms with Gasteiger partial charge in [-0.3, -0.25) is 4.79 Å². The fourth-order valence-corrected chi connectivity index (χ4v) is 3.43. The van der Waals surface area contributed by atoms with Gasteiger partial charge in [-0.2, -0.15) is 13.2 Å². The van der Waals surface area contributed by atoms with Gasteiger partial charge in [0, 0.05) is 17.2 Å². The Labute approximate surface area is 150 Å². The lowest BCUT2D eigenvalue weighted by molar-refractivity contribution is -0.137. The molecule has 140 valence electrons. The van der Waals surface area contributed by atoms with Crippen molar-refractivity contribution >= 4 is 5.91 Å². The van der Waals surface area contributed by atoms with Crippen LogP contribution >= 0.6 is 0 Å². The minimum absolute atomic E-state index is 0.149. The Kier molecular flexibility index (Phi) is 5.39. The Morgan fingerprint density at radius 2 is 1.81 bits per heavy atom. The highest BCUT2D eigenvalue weighted by atomic mass is 19.4. The minimum atomic E-state index is -4.39. The summed E-state index contributed by atoms with van der Waals surface area (Å²) in [6, 6.07) is 4.85. The number of carbonyl (C=O) groups is 1. The van der Waals surface area contributed by atoms with Crippen LogP contribution in [0.3, 0.4) is 0 Å². The maximum atomic E-state index is 12.8. The molecule has 6 heteroatoms. The number of carbonyl (C=O) groups excluding carboxylic acids is 1. The zero-order valence-corrected chi connectivity index (χ0v) is 14.7. The van der Waals surface area contributed by atoms with Gasteiger partial charge in [0.25, 0.3) is 5.91 Å². The van der Waals surface area contributed by atoms with E-state index in [1.54, 1.807) is 0 Å². The van der Waals surface area contributed by atoms with Crippen molar-refractivity contribution in [2.24, 2.45) is 0 Å². The largest absolute Gasteiger partial charge is 0.463 e. The van der Waals surface area contributed by atoms with Gasteiger partial charge in [0.15, 0.2) is 0 Å². The average molecular weight is 365 g/mol. The highest BCUT2D eigenvalue weighted by Crippen LogP contribution is 2.33. The minimum Gasteiger partial charge on any atom is -0.463 e. The smallest absolute Gasteiger partial charge is 0.416 e. The number of alkyl halides is 3. The van der Waals surface area contributed by atoms with E-state index in [2.05, 4.69) is 5.32 Å². The quantitative estimate of drug-likeness (QED) is 0.767. The van der Waals surface area contributed by atoms with Crippen LogP contribution in [-0.4, -0.2) is 11.9 Å². The van der Waals surface area contributed by atoms with E-state index in [4.69, 9.17) is 4.42 Å². The SMILES string of the molecule is CCc1coc(-c2ccc(C(F)(F)F)cc2)c1C(=O)NC1CCCCC1. The number of nitrogens with one attached hydrogen (secondary N) is 1. The molecule has 0 atom stereocenters. The standard InChI is InChI=1S/C20H22F3NO2/c1-2-13-12-26-18(14-8-10-15(11-9-14)20(21,22)23)17(13)19(25)24-16-6-4-3-5-7-16/h8-12,16H,2-7H2,1H3,(H,24,25). The fourth-order valence-electron chi connectivity index (χ4n) is 3.43. The van der Waals surface area contributed by atoms with Crippen molar-refractivity contribution in [3.63, 3.8) is 0 Å². The molecule has 1 aliphatic carbocycles. The van der Waals surface area contributed by atoms with Gasteiger partial charge in [0.05, 0.1) is 17.4 Å². The van der Waals surface area contributed by atoms with Crippen LogP contribution in [0.4, 0.5) is 13.2 Å². The molecule has 3 rings (SSSR count). The second kappa shape index (κ2) is 7.56. The Morgan fingerprint density at radius 3 is 2.38 bits per heavy atom. The van der Waals surface area contributed by atoms with Crippen molar-refractivity contribution in [3.8, 4) is 11.3 Å². The summed E-state index contributed by atoms with van der Waals surface area (Å²) in [4.78, 5) is 12.8. The number of hydrogen-bond donors (Lipinski definition) is 1. The van der Waals surface area contributed by atoms with Crippen molar-refractivity contribution in [1.82, 2.24) is 5.32 Å². The third kappa shape index (κ3) is 3.94. The maximum absolute atomic E-state index is 12.8. The number of hydrogen-bond acceptors (Lipinski definition) is 2. The van der Waals surface area contributed by atoms with Gasteiger partial charge in [0.2, 0.25) is 0 Å². The van der Waals surface area contributed by atoms with Crippen molar-refractivity contribution in [2.75, 3.05) is 0 Å². The van der Waals surface area contributed by atoms with Gasteiger partial charge >= 0.3 is 6.18 Å². The first-order chi connectivity index (χ1) is 12.4. The Morgan fingerprint density at radius 1 is 1.15 bits per heavy atom. The third-order valence-electron chi connectivity index (χ3n) is 4.89. The van der Waals surface area contributed by atoms with Crippen LogP contribution in [0.2, 0.25) is 0 Å². The molecule has 0 bridgehead atoms. The fraction of sp³-hybridized carbons (Fsp3) is 0.450. The Bertz CT molecular complexity index is 756. The van der Waals surface area contributed by atoms with E-state index in [-0.39, 0.29) is 11.9 Å². The highest BCUT2D eigenvalue weighted by Gasteiger charge is 2.30. The lowest BCUT2D eigenvalue weighted by Gasteiger charge is -2.23. The molecule has 1 aliphatic rings. The average Bonchev–Trinajstić information content (AvgIpc) is 3.06. The molecular weight excluding hydrogens is 343 g/mol. The molecule has 1 aromatic carbocycles. The van der Waals surface area contributed by atoms with Gasteiger partial charge in [-0.05, 0) is 31.4 Å². The van der Waals surface area contributed by atoms with Gasteiger partial charge in [0.1, 0.15) is 5.76 Å². The van der Waals surface area contributed by atoms with E-state index < -0.39 is 11.7 Å². The molecule has 0 saturated heterocycles. The molecule has 1 aromatic heterocycles. The van der Waals surface area contributed by atoms with E-state index >= 15 is 0 Å². The molecule has 3 nitrogen and oxygen atoms in total. The highest BCUT2D eigenvalue weighted by molar-refractivity contribution is 6.01. The van der Waals surface area contributed by atoms with E-state index in [1.807, 2.05) is 6.92 Å². The second-order valence-electron chi connectivity index (χ2n) is 6.70. The molecule has 0 spiro atoms. The number of amides is 1. The number of halogens is 3. The van der Waals surface area contributed by atoms with E-state index in [0.29, 0.717) is 23.3 Å². The number of rotatable bonds is 4. The number of aryl methyl sites for hydroxylation is 1. The maximum Gasteiger partial charge on any atom is 0.416 e. The predicted molar refractivity (Wildman–Crippen MR) is 92.9 cm³/mol. The lowest BCUT2D eigenvalue weighted by atomic mass is 9.94. The van der Waals surface area contributed by atoms with Crippen LogP contribution in [0.25, 0.3) is 11.3 Å². The van der Waals surface area contributed by atoms with Crippen LogP contribution < -0.4 is 5.32 Å². The zero-order valence-electron chi connectivity index (χ0n) is 14.7. The van der Waals surface area contributed by atoms with Crippen LogP contribution in [-0.2, 0) is 12.6 Å². The topological polar surface area (TPSA) is 42.2 Å². The third-order valence-corrected chi connectivity index (χ3v) is 4.89. The van der Waals surface area contributed by atoms with Gasteiger partial charge < -0.3 is 9.73 Å². The van der Waals surface area contributed by atoms with E-state index in [0.717, 1.165) is 43.4 Å². The first-order valence-corrected chi connectivity index (χ1v) is 8.99. The molecule has 1 fully saturated rings. The van der Waals surface area contributed by atoms with Crippen molar-refractivity contribution in [3.05, 3.63) is 47.2 Å². The molecule has 2 aromatic rings. The Hall–Kier alpha value is -2.24. The molecule has 0 aliphatic heterocycles. The summed E-state index contributed by atoms with van der Waals surface area (Å²) in [5.41, 5.74) is 0.925. The molecule has 1 saturated carbocycles. The molecule has 1 heterocycles. The van der Waals surface area contributed by atoms with Crippen LogP contribution in [0, 0.1) is 0 Å². The van der Waals surface area contributed by atoms with E-state index in [1.165, 1.54) is 24.8 Å². The normalized spacial score (nSPS) is 15.8. The van der Waals surface area contributed by atoms with Crippen LogP contribution in [0.5, 0.6) is 0 Å². The lowest BCUT2D eigenvalue weighted by Crippen LogP contribution is -2.36. The summed E-state index contributed by atoms with van der Waals surface area (Å²) in [6.45, 7) is 1.92. The zero-order chi connectivity index (χ0) is 18.7. The number of benzene rings is 1. The second-order valence-corrected chi connectivity index (χ2v) is 6.70. The molecule has 0 radical (unpaired) electrons. The van der Waals surface area contributed by atoms with Gasteiger partial charge in [-0.15, -0.1) is 0 Å². The van der Waals surface area contributed by atoms with Crippen molar-refractivity contribution in [2.45, 2.75) is 57.7 Å². The summed E-state index contributed by atoms with van der Waals surface area (Å²) < 4.78 is 43.8. The van der Waals surface area contributed by atoms with Crippen LogP contribution in [0.15, 0.2) is 34.9 Å². The first kappa shape index (κ1) is 18.5.